The first-order valence-corrected chi connectivity index (χ1v) is 2.58. The molecule has 0 saturated heterocycles. The average molecular weight is 116 g/mol. The lowest BCUT2D eigenvalue weighted by Crippen LogP contribution is -2.04. The monoisotopic (exact) mass is 116 g/mol. The summed E-state index contributed by atoms with van der Waals surface area (Å²) in [6.07, 6.45) is 0.813. The molecule has 8 heavy (non-hydrogen) atoms. The van der Waals surface area contributed by atoms with Crippen molar-refractivity contribution in [1.82, 2.24) is 0 Å². The van der Waals surface area contributed by atoms with Crippen molar-refractivity contribution in [2.24, 2.45) is 10.9 Å². The summed E-state index contributed by atoms with van der Waals surface area (Å²) in [6.45, 7) is 2.52. The maximum absolute atomic E-state index is 5.22. The van der Waals surface area contributed by atoms with Crippen LogP contribution in [0.1, 0.15) is 13.3 Å². The first-order chi connectivity index (χ1) is 3.81. The molecule has 0 spiro atoms. The second-order valence-electron chi connectivity index (χ2n) is 1.55. The third kappa shape index (κ3) is 3.61. The van der Waals surface area contributed by atoms with E-state index in [1.807, 2.05) is 6.92 Å². The normalized spacial score (nSPS) is 11.6. The molecule has 2 N–H and O–H groups in total. The Bertz CT molecular complexity index is 80.5. The summed E-state index contributed by atoms with van der Waals surface area (Å²) in [5.74, 6) is 0. The Labute approximate surface area is 49.5 Å². The van der Waals surface area contributed by atoms with Gasteiger partial charge in [-0.15, -0.1) is 0 Å². The van der Waals surface area contributed by atoms with Gasteiger partial charge in [-0.25, -0.2) is 0 Å². The van der Waals surface area contributed by atoms with Crippen LogP contribution < -0.4 is 5.73 Å². The molecule has 3 nitrogen and oxygen atoms in total. The molecular weight excluding hydrogens is 104 g/mol. The number of rotatable bonds is 3. The van der Waals surface area contributed by atoms with Crippen LogP contribution in [0.5, 0.6) is 0 Å². The molecule has 0 heterocycles. The summed E-state index contributed by atoms with van der Waals surface area (Å²) in [4.78, 5) is 4.49. The van der Waals surface area contributed by atoms with E-state index in [9.17, 15) is 0 Å². The van der Waals surface area contributed by atoms with Crippen LogP contribution in [0.2, 0.25) is 0 Å². The van der Waals surface area contributed by atoms with Crippen LogP contribution in [0.25, 0.3) is 0 Å². The van der Waals surface area contributed by atoms with E-state index in [4.69, 9.17) is 5.73 Å². The van der Waals surface area contributed by atoms with Crippen LogP contribution in [0.3, 0.4) is 0 Å². The SMILES string of the molecule is CO/N=C(\C)CCN. The topological polar surface area (TPSA) is 47.6 Å². The predicted molar refractivity (Wildman–Crippen MR) is 33.8 cm³/mol. The largest absolute Gasteiger partial charge is 0.399 e. The lowest BCUT2D eigenvalue weighted by molar-refractivity contribution is 0.212. The minimum Gasteiger partial charge on any atom is -0.399 e. The molecule has 0 aliphatic carbocycles. The Morgan fingerprint density at radius 1 is 1.75 bits per heavy atom. The van der Waals surface area contributed by atoms with Crippen molar-refractivity contribution in [3.05, 3.63) is 0 Å². The van der Waals surface area contributed by atoms with Crippen molar-refractivity contribution < 1.29 is 4.84 Å². The van der Waals surface area contributed by atoms with E-state index in [-0.39, 0.29) is 0 Å². The molecule has 0 amide bonds. The Kier molecular flexibility index (Phi) is 4.26. The number of hydrogen-bond acceptors (Lipinski definition) is 3. The minimum absolute atomic E-state index is 0.638. The fourth-order valence-electron chi connectivity index (χ4n) is 0.410. The molecule has 3 heteroatoms. The Hall–Kier alpha value is -0.570. The molecule has 0 aromatic heterocycles. The number of nitrogens with two attached hydrogens (primary N) is 1. The first kappa shape index (κ1) is 7.43. The van der Waals surface area contributed by atoms with Gasteiger partial charge in [0, 0.05) is 6.42 Å². The molecule has 0 aliphatic rings. The Balaban J connectivity index is 3.29. The second-order valence-corrected chi connectivity index (χ2v) is 1.55. The van der Waals surface area contributed by atoms with Crippen LogP contribution in [0, 0.1) is 0 Å². The summed E-state index contributed by atoms with van der Waals surface area (Å²) in [5.41, 5.74) is 6.16. The van der Waals surface area contributed by atoms with Gasteiger partial charge in [-0.2, -0.15) is 0 Å². The van der Waals surface area contributed by atoms with Crippen molar-refractivity contribution in [3.8, 4) is 0 Å². The molecular formula is C5H12N2O. The van der Waals surface area contributed by atoms with E-state index in [2.05, 4.69) is 9.99 Å². The first-order valence-electron chi connectivity index (χ1n) is 2.58. The highest BCUT2D eigenvalue weighted by molar-refractivity contribution is 5.81. The molecule has 0 aliphatic heterocycles. The number of hydrogen-bond donors (Lipinski definition) is 1. The smallest absolute Gasteiger partial charge is 0.106 e. The highest BCUT2D eigenvalue weighted by atomic mass is 16.6. The van der Waals surface area contributed by atoms with E-state index in [1.54, 1.807) is 0 Å². The number of nitrogens with zero attached hydrogens (tertiary/aromatic N) is 1. The zero-order chi connectivity index (χ0) is 6.41. The molecule has 0 atom stereocenters. The van der Waals surface area contributed by atoms with Crippen LogP contribution in [0.15, 0.2) is 5.16 Å². The second kappa shape index (κ2) is 4.59. The van der Waals surface area contributed by atoms with E-state index in [0.717, 1.165) is 12.1 Å². The van der Waals surface area contributed by atoms with E-state index >= 15 is 0 Å². The van der Waals surface area contributed by atoms with Crippen LogP contribution >= 0.6 is 0 Å². The van der Waals surface area contributed by atoms with E-state index < -0.39 is 0 Å². The van der Waals surface area contributed by atoms with Crippen molar-refractivity contribution in [2.75, 3.05) is 13.7 Å². The van der Waals surface area contributed by atoms with Gasteiger partial charge in [0.1, 0.15) is 7.11 Å². The molecule has 0 fully saturated rings. The van der Waals surface area contributed by atoms with Gasteiger partial charge in [-0.05, 0) is 13.5 Å². The lowest BCUT2D eigenvalue weighted by atomic mass is 10.3. The summed E-state index contributed by atoms with van der Waals surface area (Å²) in [5, 5.41) is 3.65. The van der Waals surface area contributed by atoms with Crippen molar-refractivity contribution in [3.63, 3.8) is 0 Å². The van der Waals surface area contributed by atoms with Gasteiger partial charge in [-0.3, -0.25) is 0 Å². The van der Waals surface area contributed by atoms with Gasteiger partial charge in [0.05, 0.1) is 5.71 Å². The Morgan fingerprint density at radius 2 is 2.38 bits per heavy atom. The van der Waals surface area contributed by atoms with Crippen LogP contribution in [-0.4, -0.2) is 19.4 Å². The van der Waals surface area contributed by atoms with Gasteiger partial charge >= 0.3 is 0 Å². The zero-order valence-corrected chi connectivity index (χ0v) is 5.35. The summed E-state index contributed by atoms with van der Waals surface area (Å²) in [7, 11) is 1.53. The quantitative estimate of drug-likeness (QED) is 0.427. The standard InChI is InChI=1S/C5H12N2O/c1-5(3-4-6)7-8-2/h3-4,6H2,1-2H3/b7-5+. The molecule has 0 bridgehead atoms. The maximum Gasteiger partial charge on any atom is 0.106 e. The highest BCUT2D eigenvalue weighted by Crippen LogP contribution is 1.82. The van der Waals surface area contributed by atoms with Gasteiger partial charge in [0.15, 0.2) is 0 Å². The fourth-order valence-corrected chi connectivity index (χ4v) is 0.410. The molecule has 48 valence electrons. The van der Waals surface area contributed by atoms with Gasteiger partial charge < -0.3 is 10.6 Å². The third-order valence-corrected chi connectivity index (χ3v) is 0.753. The number of oxime groups is 1. The van der Waals surface area contributed by atoms with Crippen molar-refractivity contribution in [1.29, 1.82) is 0 Å². The highest BCUT2D eigenvalue weighted by Gasteiger charge is 1.85. The van der Waals surface area contributed by atoms with Crippen molar-refractivity contribution >= 4 is 5.71 Å². The molecule has 0 unspecified atom stereocenters. The molecule has 0 radical (unpaired) electrons. The lowest BCUT2D eigenvalue weighted by Gasteiger charge is -1.92. The summed E-state index contributed by atoms with van der Waals surface area (Å²) < 4.78 is 0. The van der Waals surface area contributed by atoms with Crippen molar-refractivity contribution in [2.45, 2.75) is 13.3 Å². The van der Waals surface area contributed by atoms with Gasteiger partial charge in [-0.1, -0.05) is 5.16 Å². The van der Waals surface area contributed by atoms with Crippen LogP contribution in [0.4, 0.5) is 0 Å². The summed E-state index contributed by atoms with van der Waals surface area (Å²) >= 11 is 0. The van der Waals surface area contributed by atoms with E-state index in [1.165, 1.54) is 7.11 Å². The van der Waals surface area contributed by atoms with Gasteiger partial charge in [0.2, 0.25) is 0 Å². The molecule has 0 saturated carbocycles. The fraction of sp³-hybridized carbons (Fsp3) is 0.800. The maximum atomic E-state index is 5.22. The minimum atomic E-state index is 0.638. The average Bonchev–Trinajstić information content (AvgIpc) is 1.68. The van der Waals surface area contributed by atoms with E-state index in [0.29, 0.717) is 6.54 Å². The molecule has 0 aromatic rings. The summed E-state index contributed by atoms with van der Waals surface area (Å²) in [6, 6.07) is 0. The third-order valence-electron chi connectivity index (χ3n) is 0.753. The molecule has 0 rings (SSSR count). The predicted octanol–water partition coefficient (Wildman–Crippen LogP) is 0.358. The van der Waals surface area contributed by atoms with Crippen LogP contribution in [-0.2, 0) is 4.84 Å². The van der Waals surface area contributed by atoms with Gasteiger partial charge in [0.25, 0.3) is 0 Å². The zero-order valence-electron chi connectivity index (χ0n) is 5.35. The Morgan fingerprint density at radius 3 is 2.75 bits per heavy atom. The molecule has 0 aromatic carbocycles.